The fourth-order valence-electron chi connectivity index (χ4n) is 2.43. The van der Waals surface area contributed by atoms with Crippen LogP contribution in [-0.4, -0.2) is 0 Å². The number of hydrogen-bond acceptors (Lipinski definition) is 0. The van der Waals surface area contributed by atoms with Crippen LogP contribution in [0.3, 0.4) is 0 Å². The third-order valence-electron chi connectivity index (χ3n) is 3.52. The van der Waals surface area contributed by atoms with Crippen LogP contribution in [0.1, 0.15) is 11.1 Å². The average Bonchev–Trinajstić information content (AvgIpc) is 2.40. The van der Waals surface area contributed by atoms with Gasteiger partial charge in [-0.15, -0.1) is 0 Å². The van der Waals surface area contributed by atoms with Crippen LogP contribution in [0, 0.1) is 25.5 Å². The van der Waals surface area contributed by atoms with Crippen molar-refractivity contribution in [3.8, 4) is 11.1 Å². The zero-order chi connectivity index (χ0) is 14.3. The highest BCUT2D eigenvalue weighted by Gasteiger charge is 2.15. The molecule has 0 nitrogen and oxygen atoms in total. The van der Waals surface area contributed by atoms with Crippen molar-refractivity contribution in [1.82, 2.24) is 0 Å². The molecule has 3 rings (SSSR count). The SMILES string of the molecule is Cc1ccc(-c2c(F)cc3cc(C)ccc3c2F)cc1. The van der Waals surface area contributed by atoms with E-state index in [4.69, 9.17) is 0 Å². The molecule has 0 aliphatic carbocycles. The molecule has 0 spiro atoms. The van der Waals surface area contributed by atoms with Crippen LogP contribution >= 0.6 is 0 Å². The van der Waals surface area contributed by atoms with Gasteiger partial charge in [0, 0.05) is 5.39 Å². The lowest BCUT2D eigenvalue weighted by Crippen LogP contribution is -1.93. The van der Waals surface area contributed by atoms with Crippen molar-refractivity contribution in [2.75, 3.05) is 0 Å². The van der Waals surface area contributed by atoms with Crippen LogP contribution in [0.15, 0.2) is 48.5 Å². The molecule has 3 aromatic carbocycles. The number of hydrogen-bond donors (Lipinski definition) is 0. The molecule has 0 saturated heterocycles. The molecule has 0 aliphatic rings. The van der Waals surface area contributed by atoms with Gasteiger partial charge in [-0.3, -0.25) is 0 Å². The van der Waals surface area contributed by atoms with Gasteiger partial charge in [0.25, 0.3) is 0 Å². The van der Waals surface area contributed by atoms with Crippen LogP contribution in [0.25, 0.3) is 21.9 Å². The van der Waals surface area contributed by atoms with Gasteiger partial charge < -0.3 is 0 Å². The molecule has 0 radical (unpaired) electrons. The first kappa shape index (κ1) is 12.8. The average molecular weight is 268 g/mol. The molecule has 0 saturated carbocycles. The summed E-state index contributed by atoms with van der Waals surface area (Å²) < 4.78 is 28.9. The first-order chi connectivity index (χ1) is 9.56. The summed E-state index contributed by atoms with van der Waals surface area (Å²) in [5.41, 5.74) is 2.65. The van der Waals surface area contributed by atoms with E-state index in [1.165, 1.54) is 6.07 Å². The Hall–Kier alpha value is -2.22. The third-order valence-corrected chi connectivity index (χ3v) is 3.52. The zero-order valence-electron chi connectivity index (χ0n) is 11.4. The van der Waals surface area contributed by atoms with E-state index in [1.54, 1.807) is 24.3 Å². The molecule has 3 aromatic rings. The third kappa shape index (κ3) is 2.07. The molecule has 0 bridgehead atoms. The second-order valence-electron chi connectivity index (χ2n) is 5.14. The van der Waals surface area contributed by atoms with E-state index < -0.39 is 11.6 Å². The van der Waals surface area contributed by atoms with Crippen molar-refractivity contribution < 1.29 is 8.78 Å². The molecule has 0 fully saturated rings. The summed E-state index contributed by atoms with van der Waals surface area (Å²) in [5.74, 6) is -1.02. The molecule has 0 N–H and O–H groups in total. The molecule has 0 amide bonds. The molecule has 0 heterocycles. The summed E-state index contributed by atoms with van der Waals surface area (Å²) in [5, 5.41) is 1.04. The van der Waals surface area contributed by atoms with Crippen molar-refractivity contribution in [2.45, 2.75) is 13.8 Å². The maximum absolute atomic E-state index is 14.6. The Balaban J connectivity index is 2.31. The van der Waals surface area contributed by atoms with Gasteiger partial charge in [-0.2, -0.15) is 0 Å². The Labute approximate surface area is 116 Å². The van der Waals surface area contributed by atoms with Crippen LogP contribution in [0.5, 0.6) is 0 Å². The normalized spacial score (nSPS) is 11.0. The first-order valence-corrected chi connectivity index (χ1v) is 6.51. The molecule has 0 atom stereocenters. The van der Waals surface area contributed by atoms with Crippen LogP contribution < -0.4 is 0 Å². The second kappa shape index (κ2) is 4.71. The quantitative estimate of drug-likeness (QED) is 0.554. The molecular weight excluding hydrogens is 254 g/mol. The van der Waals surface area contributed by atoms with Crippen molar-refractivity contribution in [3.05, 3.63) is 71.3 Å². The highest BCUT2D eigenvalue weighted by Crippen LogP contribution is 2.32. The summed E-state index contributed by atoms with van der Waals surface area (Å²) in [6.45, 7) is 3.85. The number of aryl methyl sites for hydroxylation is 2. The van der Waals surface area contributed by atoms with Gasteiger partial charge in [-0.1, -0.05) is 53.6 Å². The van der Waals surface area contributed by atoms with Gasteiger partial charge in [0.2, 0.25) is 0 Å². The van der Waals surface area contributed by atoms with Crippen molar-refractivity contribution >= 4 is 10.8 Å². The fraction of sp³-hybridized carbons (Fsp3) is 0.111. The summed E-state index contributed by atoms with van der Waals surface area (Å²) in [6, 6.07) is 13.9. The lowest BCUT2D eigenvalue weighted by Gasteiger charge is -2.09. The van der Waals surface area contributed by atoms with Crippen LogP contribution in [0.2, 0.25) is 0 Å². The van der Waals surface area contributed by atoms with Crippen molar-refractivity contribution in [3.63, 3.8) is 0 Å². The van der Waals surface area contributed by atoms with E-state index in [-0.39, 0.29) is 5.56 Å². The Kier molecular flexibility index (Phi) is 3.01. The highest BCUT2D eigenvalue weighted by atomic mass is 19.1. The highest BCUT2D eigenvalue weighted by molar-refractivity contribution is 5.89. The van der Waals surface area contributed by atoms with Gasteiger partial charge in [-0.25, -0.2) is 8.78 Å². The van der Waals surface area contributed by atoms with Crippen molar-refractivity contribution in [1.29, 1.82) is 0 Å². The van der Waals surface area contributed by atoms with Crippen LogP contribution in [-0.2, 0) is 0 Å². The number of rotatable bonds is 1. The molecule has 20 heavy (non-hydrogen) atoms. The zero-order valence-corrected chi connectivity index (χ0v) is 11.4. The molecular formula is C18H14F2. The van der Waals surface area contributed by atoms with Gasteiger partial charge in [-0.05, 0) is 30.9 Å². The Morgan fingerprint density at radius 2 is 1.40 bits per heavy atom. The van der Waals surface area contributed by atoms with E-state index in [1.807, 2.05) is 32.0 Å². The topological polar surface area (TPSA) is 0 Å². The fourth-order valence-corrected chi connectivity index (χ4v) is 2.43. The minimum absolute atomic E-state index is 0.0429. The molecule has 100 valence electrons. The Morgan fingerprint density at radius 3 is 2.10 bits per heavy atom. The van der Waals surface area contributed by atoms with Gasteiger partial charge in [0.1, 0.15) is 11.6 Å². The van der Waals surface area contributed by atoms with E-state index >= 15 is 0 Å². The number of benzene rings is 3. The second-order valence-corrected chi connectivity index (χ2v) is 5.14. The predicted molar refractivity (Wildman–Crippen MR) is 78.8 cm³/mol. The number of halogens is 2. The largest absolute Gasteiger partial charge is 0.206 e. The molecule has 2 heteroatoms. The summed E-state index contributed by atoms with van der Waals surface area (Å²) >= 11 is 0. The summed E-state index contributed by atoms with van der Waals surface area (Å²) in [6.07, 6.45) is 0. The molecule has 0 aliphatic heterocycles. The summed E-state index contributed by atoms with van der Waals surface area (Å²) in [4.78, 5) is 0. The maximum atomic E-state index is 14.6. The Bertz CT molecular complexity index is 787. The Morgan fingerprint density at radius 1 is 0.750 bits per heavy atom. The van der Waals surface area contributed by atoms with Crippen molar-refractivity contribution in [2.24, 2.45) is 0 Å². The minimum Gasteiger partial charge on any atom is -0.206 e. The monoisotopic (exact) mass is 268 g/mol. The summed E-state index contributed by atoms with van der Waals surface area (Å²) in [7, 11) is 0. The maximum Gasteiger partial charge on any atom is 0.141 e. The number of fused-ring (bicyclic) bond motifs is 1. The molecule has 0 unspecified atom stereocenters. The molecule has 0 aromatic heterocycles. The van der Waals surface area contributed by atoms with Gasteiger partial charge in [0.05, 0.1) is 5.56 Å². The van der Waals surface area contributed by atoms with Crippen LogP contribution in [0.4, 0.5) is 8.78 Å². The smallest absolute Gasteiger partial charge is 0.141 e. The van der Waals surface area contributed by atoms with E-state index in [2.05, 4.69) is 0 Å². The van der Waals surface area contributed by atoms with E-state index in [0.717, 1.165) is 11.1 Å². The minimum atomic E-state index is -0.524. The van der Waals surface area contributed by atoms with Gasteiger partial charge >= 0.3 is 0 Å². The lowest BCUT2D eigenvalue weighted by atomic mass is 9.98. The predicted octanol–water partition coefficient (Wildman–Crippen LogP) is 5.40. The first-order valence-electron chi connectivity index (χ1n) is 6.51. The van der Waals surface area contributed by atoms with Gasteiger partial charge in [0.15, 0.2) is 0 Å². The van der Waals surface area contributed by atoms with E-state index in [9.17, 15) is 8.78 Å². The standard InChI is InChI=1S/C18H14F2/c1-11-3-6-13(7-4-11)17-16(19)10-14-9-12(2)5-8-15(14)18(17)20/h3-10H,1-2H3. The van der Waals surface area contributed by atoms with E-state index in [0.29, 0.717) is 16.3 Å². The lowest BCUT2D eigenvalue weighted by molar-refractivity contribution is 0.598.